The van der Waals surface area contributed by atoms with E-state index < -0.39 is 23.8 Å². The molecule has 0 aliphatic heterocycles. The summed E-state index contributed by atoms with van der Waals surface area (Å²) in [5, 5.41) is 14.5. The molecule has 1 heterocycles. The molecule has 1 amide bonds. The van der Waals surface area contributed by atoms with Crippen molar-refractivity contribution in [2.75, 3.05) is 12.4 Å². The highest BCUT2D eigenvalue weighted by molar-refractivity contribution is 5.93. The molecule has 0 saturated carbocycles. The molecule has 0 aliphatic carbocycles. The molecule has 1 aromatic carbocycles. The van der Waals surface area contributed by atoms with Crippen LogP contribution in [0.1, 0.15) is 17.2 Å². The van der Waals surface area contributed by atoms with E-state index >= 15 is 0 Å². The Hall–Kier alpha value is -2.49. The monoisotopic (exact) mass is 301 g/mol. The first-order valence-electron chi connectivity index (χ1n) is 5.66. The Morgan fingerprint density at radius 3 is 2.67 bits per heavy atom. The normalized spacial score (nSPS) is 13.0. The number of H-pyrrole nitrogens is 1. The molecule has 2 N–H and O–H groups in total. The highest BCUT2D eigenvalue weighted by atomic mass is 19.4. The summed E-state index contributed by atoms with van der Waals surface area (Å²) in [6.45, 7) is 0. The van der Waals surface area contributed by atoms with Gasteiger partial charge in [-0.1, -0.05) is 23.3 Å². The minimum Gasteiger partial charge on any atom is -0.367 e. The molecule has 0 saturated heterocycles. The number of methoxy groups -OCH3 is 1. The van der Waals surface area contributed by atoms with Gasteiger partial charge in [-0.25, -0.2) is 0 Å². The number of aromatic nitrogens is 4. The van der Waals surface area contributed by atoms with Crippen LogP contribution in [-0.2, 0) is 15.7 Å². The van der Waals surface area contributed by atoms with Crippen molar-refractivity contribution in [1.82, 2.24) is 20.6 Å². The van der Waals surface area contributed by atoms with Crippen molar-refractivity contribution >= 4 is 11.9 Å². The summed E-state index contributed by atoms with van der Waals surface area (Å²) in [4.78, 5) is 12.0. The Morgan fingerprint density at radius 1 is 1.38 bits per heavy atom. The molecular formula is C11H10F3N5O2. The number of aromatic amines is 1. The molecule has 2 rings (SSSR count). The molecule has 0 bridgehead atoms. The number of anilines is 1. The smallest absolute Gasteiger partial charge is 0.367 e. The Bertz CT molecular complexity index is 615. The van der Waals surface area contributed by atoms with Gasteiger partial charge in [0, 0.05) is 12.7 Å². The van der Waals surface area contributed by atoms with E-state index in [0.29, 0.717) is 0 Å². The average Bonchev–Trinajstić information content (AvgIpc) is 2.92. The lowest BCUT2D eigenvalue weighted by atomic mass is 10.0. The number of hydrogen-bond donors (Lipinski definition) is 2. The quantitative estimate of drug-likeness (QED) is 0.893. The van der Waals surface area contributed by atoms with E-state index in [0.717, 1.165) is 13.2 Å². The van der Waals surface area contributed by atoms with Crippen molar-refractivity contribution in [1.29, 1.82) is 0 Å². The zero-order chi connectivity index (χ0) is 15.5. The average molecular weight is 301 g/mol. The predicted octanol–water partition coefficient (Wildman–Crippen LogP) is 1.54. The molecule has 2 aromatic rings. The van der Waals surface area contributed by atoms with Crippen LogP contribution >= 0.6 is 0 Å². The van der Waals surface area contributed by atoms with Crippen molar-refractivity contribution in [2.45, 2.75) is 12.3 Å². The molecule has 112 valence electrons. The van der Waals surface area contributed by atoms with Gasteiger partial charge >= 0.3 is 6.18 Å². The minimum absolute atomic E-state index is 0.161. The van der Waals surface area contributed by atoms with E-state index in [1.165, 1.54) is 18.2 Å². The van der Waals surface area contributed by atoms with E-state index in [1.807, 2.05) is 0 Å². The number of nitrogens with zero attached hydrogens (tertiary/aromatic N) is 3. The van der Waals surface area contributed by atoms with Crippen LogP contribution in [0, 0.1) is 0 Å². The third-order valence-electron chi connectivity index (χ3n) is 2.60. The van der Waals surface area contributed by atoms with Crippen molar-refractivity contribution in [3.05, 3.63) is 35.4 Å². The summed E-state index contributed by atoms with van der Waals surface area (Å²) in [6.07, 6.45) is -6.05. The van der Waals surface area contributed by atoms with Gasteiger partial charge in [0.05, 0.1) is 5.56 Å². The van der Waals surface area contributed by atoms with E-state index in [-0.39, 0.29) is 11.5 Å². The Morgan fingerprint density at radius 2 is 2.10 bits per heavy atom. The lowest BCUT2D eigenvalue weighted by molar-refractivity contribution is -0.140. The molecule has 10 heteroatoms. The molecule has 0 radical (unpaired) electrons. The van der Waals surface area contributed by atoms with Gasteiger partial charge in [-0.2, -0.15) is 18.4 Å². The molecule has 0 aliphatic rings. The largest absolute Gasteiger partial charge is 0.416 e. The number of carbonyl (C=O) groups is 1. The summed E-state index contributed by atoms with van der Waals surface area (Å²) < 4.78 is 43.8. The number of ether oxygens (including phenoxy) is 1. The first-order chi connectivity index (χ1) is 9.93. The molecule has 0 fully saturated rings. The summed E-state index contributed by atoms with van der Waals surface area (Å²) >= 11 is 0. The molecule has 0 spiro atoms. The van der Waals surface area contributed by atoms with Crippen LogP contribution in [0.2, 0.25) is 0 Å². The maximum atomic E-state index is 13.0. The van der Waals surface area contributed by atoms with Crippen LogP contribution in [0.5, 0.6) is 0 Å². The zero-order valence-corrected chi connectivity index (χ0v) is 10.7. The predicted molar refractivity (Wildman–Crippen MR) is 64.0 cm³/mol. The first-order valence-corrected chi connectivity index (χ1v) is 5.66. The Labute approximate surface area is 116 Å². The number of amides is 1. The Balaban J connectivity index is 2.31. The number of alkyl halides is 3. The second-order valence-electron chi connectivity index (χ2n) is 3.93. The topological polar surface area (TPSA) is 92.8 Å². The molecular weight excluding hydrogens is 291 g/mol. The van der Waals surface area contributed by atoms with Crippen LogP contribution in [0.3, 0.4) is 0 Å². The van der Waals surface area contributed by atoms with E-state index in [2.05, 4.69) is 25.9 Å². The summed E-state index contributed by atoms with van der Waals surface area (Å²) in [7, 11) is 1.13. The molecule has 21 heavy (non-hydrogen) atoms. The summed E-state index contributed by atoms with van der Waals surface area (Å²) in [6, 6.07) is 4.67. The molecule has 7 nitrogen and oxygen atoms in total. The molecule has 1 aromatic heterocycles. The fourth-order valence-electron chi connectivity index (χ4n) is 1.75. The third-order valence-corrected chi connectivity index (χ3v) is 2.60. The number of halogens is 3. The highest BCUT2D eigenvalue weighted by Gasteiger charge is 2.37. The van der Waals surface area contributed by atoms with Gasteiger partial charge in [-0.3, -0.25) is 10.1 Å². The maximum Gasteiger partial charge on any atom is 0.416 e. The first kappa shape index (κ1) is 14.9. The lowest BCUT2D eigenvalue weighted by Crippen LogP contribution is -2.25. The molecule has 1 unspecified atom stereocenters. The summed E-state index contributed by atoms with van der Waals surface area (Å²) in [5.74, 6) is -0.998. The van der Waals surface area contributed by atoms with E-state index in [4.69, 9.17) is 4.74 Å². The van der Waals surface area contributed by atoms with Crippen LogP contribution < -0.4 is 5.32 Å². The zero-order valence-electron chi connectivity index (χ0n) is 10.7. The van der Waals surface area contributed by atoms with Crippen molar-refractivity contribution in [3.63, 3.8) is 0 Å². The minimum atomic E-state index is -4.60. The van der Waals surface area contributed by atoms with Crippen molar-refractivity contribution < 1.29 is 22.7 Å². The van der Waals surface area contributed by atoms with Crippen LogP contribution in [0.25, 0.3) is 0 Å². The highest BCUT2D eigenvalue weighted by Crippen LogP contribution is 2.35. The van der Waals surface area contributed by atoms with Crippen LogP contribution in [0.4, 0.5) is 19.1 Å². The van der Waals surface area contributed by atoms with E-state index in [1.54, 1.807) is 0 Å². The van der Waals surface area contributed by atoms with Gasteiger partial charge < -0.3 is 4.74 Å². The van der Waals surface area contributed by atoms with Crippen molar-refractivity contribution in [3.8, 4) is 0 Å². The van der Waals surface area contributed by atoms with Gasteiger partial charge in [0.2, 0.25) is 0 Å². The van der Waals surface area contributed by atoms with Crippen LogP contribution in [0.15, 0.2) is 24.3 Å². The fraction of sp³-hybridized carbons (Fsp3) is 0.273. The second-order valence-corrected chi connectivity index (χ2v) is 3.93. The second kappa shape index (κ2) is 5.87. The number of rotatable bonds is 4. The van der Waals surface area contributed by atoms with E-state index in [9.17, 15) is 18.0 Å². The SMILES string of the molecule is COC(C(=O)Nc1nn[nH]n1)c1ccccc1C(F)(F)F. The number of nitrogens with one attached hydrogen (secondary N) is 2. The fourth-order valence-corrected chi connectivity index (χ4v) is 1.75. The maximum absolute atomic E-state index is 13.0. The van der Waals surface area contributed by atoms with Crippen LogP contribution in [-0.4, -0.2) is 33.6 Å². The summed E-state index contributed by atoms with van der Waals surface area (Å²) in [5.41, 5.74) is -1.24. The number of hydrogen-bond acceptors (Lipinski definition) is 5. The number of benzene rings is 1. The van der Waals surface area contributed by atoms with Gasteiger partial charge in [0.1, 0.15) is 0 Å². The van der Waals surface area contributed by atoms with Gasteiger partial charge in [-0.15, -0.1) is 5.10 Å². The third kappa shape index (κ3) is 3.34. The standard InChI is InChI=1S/C11H10F3N5O2/c1-21-8(9(20)15-10-16-18-19-17-10)6-4-2-3-5-7(6)11(12,13)14/h2-5,8H,1H3,(H2,15,16,17,18,19,20). The van der Waals surface area contributed by atoms with Crippen molar-refractivity contribution in [2.24, 2.45) is 0 Å². The van der Waals surface area contributed by atoms with Gasteiger partial charge in [-0.05, 0) is 11.3 Å². The Kier molecular flexibility index (Phi) is 4.17. The van der Waals surface area contributed by atoms with Gasteiger partial charge in [0.25, 0.3) is 11.9 Å². The van der Waals surface area contributed by atoms with Gasteiger partial charge in [0.15, 0.2) is 6.10 Å². The number of tetrazole rings is 1. The molecule has 1 atom stereocenters. The number of carbonyl (C=O) groups excluding carboxylic acids is 1. The lowest BCUT2D eigenvalue weighted by Gasteiger charge is -2.19.